The molecule has 0 radical (unpaired) electrons. The van der Waals surface area contributed by atoms with Crippen LogP contribution in [0.4, 0.5) is 13.2 Å². The van der Waals surface area contributed by atoms with E-state index in [1.807, 2.05) is 0 Å². The molecule has 1 aliphatic rings. The van der Waals surface area contributed by atoms with Gasteiger partial charge in [0.2, 0.25) is 0 Å². The lowest BCUT2D eigenvalue weighted by molar-refractivity contribution is -0.144. The van der Waals surface area contributed by atoms with Crippen molar-refractivity contribution in [1.82, 2.24) is 24.9 Å². The number of sulfone groups is 1. The van der Waals surface area contributed by atoms with E-state index in [0.717, 1.165) is 29.9 Å². The molecule has 23 heavy (non-hydrogen) atoms. The Morgan fingerprint density at radius 2 is 2.13 bits per heavy atom. The van der Waals surface area contributed by atoms with E-state index in [4.69, 9.17) is 0 Å². The number of nitrogens with one attached hydrogen (secondary N) is 1. The molecule has 3 heterocycles. The molecule has 1 atom stereocenters. The van der Waals surface area contributed by atoms with Gasteiger partial charge >= 0.3 is 6.18 Å². The smallest absolute Gasteiger partial charge is 0.316 e. The maximum absolute atomic E-state index is 12.8. The van der Waals surface area contributed by atoms with Crippen molar-refractivity contribution in [3.05, 3.63) is 17.7 Å². The minimum atomic E-state index is -4.72. The standard InChI is InChI=1S/C12H14F3N5O2S/c1-23(21,22)8-6-17-11-18-10(12(13,14)15)19-20(11)9(8)7-3-2-4-16-5-7/h6-7,16H,2-5H2,1H3/t7-/m0/s1. The number of halogens is 3. The first-order valence-electron chi connectivity index (χ1n) is 6.91. The van der Waals surface area contributed by atoms with Crippen LogP contribution in [0.3, 0.4) is 0 Å². The molecule has 0 spiro atoms. The van der Waals surface area contributed by atoms with Gasteiger partial charge in [-0.3, -0.25) is 0 Å². The molecule has 1 saturated heterocycles. The Morgan fingerprint density at radius 3 is 2.70 bits per heavy atom. The zero-order valence-corrected chi connectivity index (χ0v) is 12.9. The van der Waals surface area contributed by atoms with E-state index >= 15 is 0 Å². The van der Waals surface area contributed by atoms with E-state index in [2.05, 4.69) is 20.4 Å². The second kappa shape index (κ2) is 5.41. The molecule has 0 aromatic carbocycles. The van der Waals surface area contributed by atoms with Gasteiger partial charge in [-0.25, -0.2) is 13.4 Å². The summed E-state index contributed by atoms with van der Waals surface area (Å²) in [4.78, 5) is 6.98. The number of alkyl halides is 3. The molecule has 11 heteroatoms. The minimum Gasteiger partial charge on any atom is -0.316 e. The summed E-state index contributed by atoms with van der Waals surface area (Å²) < 4.78 is 63.4. The van der Waals surface area contributed by atoms with Gasteiger partial charge in [0.1, 0.15) is 4.90 Å². The summed E-state index contributed by atoms with van der Waals surface area (Å²) >= 11 is 0. The molecule has 0 aliphatic carbocycles. The van der Waals surface area contributed by atoms with Crippen LogP contribution in [0.25, 0.3) is 5.78 Å². The Balaban J connectivity index is 2.27. The summed E-state index contributed by atoms with van der Waals surface area (Å²) in [5.41, 5.74) is 0.202. The topological polar surface area (TPSA) is 89.2 Å². The number of fused-ring (bicyclic) bond motifs is 1. The van der Waals surface area contributed by atoms with Crippen molar-refractivity contribution in [2.24, 2.45) is 0 Å². The van der Waals surface area contributed by atoms with Crippen molar-refractivity contribution in [3.8, 4) is 0 Å². The van der Waals surface area contributed by atoms with Crippen LogP contribution in [-0.4, -0.2) is 47.3 Å². The molecule has 1 N–H and O–H groups in total. The summed E-state index contributed by atoms with van der Waals surface area (Å²) in [6.45, 7) is 1.24. The predicted molar refractivity (Wildman–Crippen MR) is 73.7 cm³/mol. The average Bonchev–Trinajstić information content (AvgIpc) is 2.90. The Morgan fingerprint density at radius 1 is 1.39 bits per heavy atom. The maximum atomic E-state index is 12.8. The van der Waals surface area contributed by atoms with Crippen molar-refractivity contribution in [2.75, 3.05) is 19.3 Å². The third-order valence-electron chi connectivity index (χ3n) is 3.70. The van der Waals surface area contributed by atoms with Crippen LogP contribution >= 0.6 is 0 Å². The predicted octanol–water partition coefficient (Wildman–Crippen LogP) is 1.01. The summed E-state index contributed by atoms with van der Waals surface area (Å²) in [7, 11) is -3.66. The van der Waals surface area contributed by atoms with E-state index < -0.39 is 21.8 Å². The van der Waals surface area contributed by atoms with E-state index in [9.17, 15) is 21.6 Å². The fraction of sp³-hybridized carbons (Fsp3) is 0.583. The van der Waals surface area contributed by atoms with Gasteiger partial charge < -0.3 is 5.32 Å². The monoisotopic (exact) mass is 349 g/mol. The van der Waals surface area contributed by atoms with Gasteiger partial charge in [-0.2, -0.15) is 22.7 Å². The molecule has 2 aromatic rings. The summed E-state index contributed by atoms with van der Waals surface area (Å²) in [5, 5.41) is 6.57. The number of aromatic nitrogens is 4. The van der Waals surface area contributed by atoms with Crippen molar-refractivity contribution < 1.29 is 21.6 Å². The van der Waals surface area contributed by atoms with Gasteiger partial charge in [0.15, 0.2) is 9.84 Å². The van der Waals surface area contributed by atoms with Crippen LogP contribution in [-0.2, 0) is 16.0 Å². The van der Waals surface area contributed by atoms with Crippen LogP contribution in [0.2, 0.25) is 0 Å². The third kappa shape index (κ3) is 3.02. The molecule has 3 rings (SSSR count). The van der Waals surface area contributed by atoms with Gasteiger partial charge in [-0.05, 0) is 19.4 Å². The first kappa shape index (κ1) is 16.1. The van der Waals surface area contributed by atoms with E-state index in [0.29, 0.717) is 13.0 Å². The fourth-order valence-corrected chi connectivity index (χ4v) is 3.58. The van der Waals surface area contributed by atoms with Gasteiger partial charge in [-0.1, -0.05) is 0 Å². The summed E-state index contributed by atoms with van der Waals surface area (Å²) in [6, 6.07) is 0. The summed E-state index contributed by atoms with van der Waals surface area (Å²) in [5.74, 6) is -1.87. The van der Waals surface area contributed by atoms with Gasteiger partial charge in [0, 0.05) is 18.7 Å². The SMILES string of the molecule is CS(=O)(=O)c1cnc2nc(C(F)(F)F)nn2c1[C@H]1CCCNC1. The molecule has 0 saturated carbocycles. The molecule has 1 aliphatic heterocycles. The molecule has 2 aromatic heterocycles. The second-order valence-electron chi connectivity index (χ2n) is 5.47. The lowest BCUT2D eigenvalue weighted by Gasteiger charge is -2.24. The van der Waals surface area contributed by atoms with Crippen molar-refractivity contribution >= 4 is 15.6 Å². The van der Waals surface area contributed by atoms with Crippen molar-refractivity contribution in [3.63, 3.8) is 0 Å². The van der Waals surface area contributed by atoms with Gasteiger partial charge in [-0.15, -0.1) is 5.10 Å². The first-order valence-corrected chi connectivity index (χ1v) is 8.80. The molecule has 1 fully saturated rings. The Labute approximate surface area is 129 Å². The number of hydrogen-bond acceptors (Lipinski definition) is 6. The van der Waals surface area contributed by atoms with Crippen LogP contribution in [0, 0.1) is 0 Å². The highest BCUT2D eigenvalue weighted by Gasteiger charge is 2.38. The Bertz CT molecular complexity index is 840. The minimum absolute atomic E-state index is 0.114. The summed E-state index contributed by atoms with van der Waals surface area (Å²) in [6.07, 6.45) is -1.23. The average molecular weight is 349 g/mol. The number of hydrogen-bond donors (Lipinski definition) is 1. The molecule has 0 bridgehead atoms. The number of piperidine rings is 1. The maximum Gasteiger partial charge on any atom is 0.453 e. The lowest BCUT2D eigenvalue weighted by Crippen LogP contribution is -2.30. The van der Waals surface area contributed by atoms with Crippen LogP contribution in [0.1, 0.15) is 30.3 Å². The molecule has 126 valence electrons. The highest BCUT2D eigenvalue weighted by molar-refractivity contribution is 7.90. The van der Waals surface area contributed by atoms with Crippen molar-refractivity contribution in [1.29, 1.82) is 0 Å². The van der Waals surface area contributed by atoms with Crippen molar-refractivity contribution in [2.45, 2.75) is 29.8 Å². The fourth-order valence-electron chi connectivity index (χ4n) is 2.70. The highest BCUT2D eigenvalue weighted by atomic mass is 32.2. The Hall–Kier alpha value is -1.75. The third-order valence-corrected chi connectivity index (χ3v) is 4.82. The van der Waals surface area contributed by atoms with Crippen LogP contribution < -0.4 is 5.32 Å². The lowest BCUT2D eigenvalue weighted by atomic mass is 9.96. The zero-order valence-electron chi connectivity index (χ0n) is 12.1. The molecule has 0 unspecified atom stereocenters. The van der Waals surface area contributed by atoms with E-state index in [-0.39, 0.29) is 22.3 Å². The van der Waals surface area contributed by atoms with Gasteiger partial charge in [0.05, 0.1) is 11.9 Å². The van der Waals surface area contributed by atoms with Crippen LogP contribution in [0.15, 0.2) is 11.1 Å². The first-order chi connectivity index (χ1) is 10.7. The van der Waals surface area contributed by atoms with E-state index in [1.165, 1.54) is 0 Å². The number of rotatable bonds is 2. The quantitative estimate of drug-likeness (QED) is 0.871. The van der Waals surface area contributed by atoms with Crippen LogP contribution in [0.5, 0.6) is 0 Å². The highest BCUT2D eigenvalue weighted by Crippen LogP contribution is 2.31. The normalized spacial score (nSPS) is 20.1. The number of nitrogens with zero attached hydrogens (tertiary/aromatic N) is 4. The molecular formula is C12H14F3N5O2S. The largest absolute Gasteiger partial charge is 0.453 e. The molecule has 7 nitrogen and oxygen atoms in total. The molecule has 0 amide bonds. The zero-order chi connectivity index (χ0) is 16.8. The van der Waals surface area contributed by atoms with E-state index in [1.54, 1.807) is 0 Å². The molecular weight excluding hydrogens is 335 g/mol. The van der Waals surface area contributed by atoms with Gasteiger partial charge in [0.25, 0.3) is 11.6 Å². The Kier molecular flexibility index (Phi) is 3.79. The second-order valence-corrected chi connectivity index (χ2v) is 7.45.